The van der Waals surface area contributed by atoms with Gasteiger partial charge in [-0.05, 0) is 80.1 Å². The van der Waals surface area contributed by atoms with Crippen LogP contribution < -0.4 is 5.32 Å². The molecule has 1 heterocycles. The summed E-state index contributed by atoms with van der Waals surface area (Å²) in [4.78, 5) is 12.4. The molecule has 1 aromatic heterocycles. The maximum atomic E-state index is 13.2. The van der Waals surface area contributed by atoms with Crippen molar-refractivity contribution >= 4 is 17.7 Å². The van der Waals surface area contributed by atoms with Crippen molar-refractivity contribution in [1.82, 2.24) is 4.57 Å². The van der Waals surface area contributed by atoms with Crippen LogP contribution >= 0.6 is 0 Å². The second-order valence-corrected chi connectivity index (χ2v) is 6.31. The summed E-state index contributed by atoms with van der Waals surface area (Å²) in [5, 5.41) is 21.4. The molecule has 0 atom stereocenters. The lowest BCUT2D eigenvalue weighted by atomic mass is 10.1. The topological polar surface area (TPSA) is 78.1 Å². The van der Waals surface area contributed by atoms with Crippen molar-refractivity contribution < 1.29 is 14.3 Å². The van der Waals surface area contributed by atoms with Crippen LogP contribution in [0, 0.1) is 31.0 Å². The predicted molar refractivity (Wildman–Crippen MR) is 106 cm³/mol. The summed E-state index contributed by atoms with van der Waals surface area (Å²) in [7, 11) is 0. The third-order valence-electron chi connectivity index (χ3n) is 4.35. The number of anilines is 1. The molecule has 28 heavy (non-hydrogen) atoms. The Balaban J connectivity index is 1.91. The normalized spacial score (nSPS) is 11.1. The van der Waals surface area contributed by atoms with Crippen LogP contribution in [-0.4, -0.2) is 15.6 Å². The maximum Gasteiger partial charge on any atom is 0.266 e. The van der Waals surface area contributed by atoms with Crippen LogP contribution in [0.4, 0.5) is 10.1 Å². The number of phenolic OH excluding ortho intramolecular Hbond substituents is 1. The van der Waals surface area contributed by atoms with Crippen LogP contribution in [0.3, 0.4) is 0 Å². The number of carbonyl (C=O) groups excluding carboxylic acids is 1. The molecule has 0 aliphatic heterocycles. The van der Waals surface area contributed by atoms with E-state index in [-0.39, 0.29) is 17.1 Å². The van der Waals surface area contributed by atoms with Crippen molar-refractivity contribution in [2.24, 2.45) is 0 Å². The van der Waals surface area contributed by atoms with Gasteiger partial charge in [0.1, 0.15) is 23.2 Å². The summed E-state index contributed by atoms with van der Waals surface area (Å²) in [5.41, 5.74) is 3.66. The van der Waals surface area contributed by atoms with Crippen LogP contribution in [0.2, 0.25) is 0 Å². The minimum absolute atomic E-state index is 0.0487. The number of nitrogens with zero attached hydrogens (tertiary/aromatic N) is 2. The van der Waals surface area contributed by atoms with E-state index in [2.05, 4.69) is 5.32 Å². The molecular formula is C22H18FN3O2. The molecule has 0 aliphatic rings. The number of benzene rings is 2. The molecule has 140 valence electrons. The smallest absolute Gasteiger partial charge is 0.266 e. The number of phenols is 1. The lowest BCUT2D eigenvalue weighted by molar-refractivity contribution is -0.112. The van der Waals surface area contributed by atoms with Gasteiger partial charge < -0.3 is 15.0 Å². The van der Waals surface area contributed by atoms with Gasteiger partial charge in [0, 0.05) is 22.8 Å². The van der Waals surface area contributed by atoms with Gasteiger partial charge in [-0.2, -0.15) is 5.26 Å². The third-order valence-corrected chi connectivity index (χ3v) is 4.35. The Morgan fingerprint density at radius 1 is 1.14 bits per heavy atom. The second-order valence-electron chi connectivity index (χ2n) is 6.31. The number of halogens is 1. The van der Waals surface area contributed by atoms with Crippen LogP contribution in [-0.2, 0) is 4.79 Å². The van der Waals surface area contributed by atoms with Gasteiger partial charge >= 0.3 is 0 Å². The molecule has 1 amide bonds. The summed E-state index contributed by atoms with van der Waals surface area (Å²) in [5.74, 6) is -0.772. The molecule has 3 aromatic rings. The van der Waals surface area contributed by atoms with Crippen molar-refractivity contribution in [1.29, 1.82) is 5.26 Å². The van der Waals surface area contributed by atoms with E-state index in [4.69, 9.17) is 0 Å². The number of nitrogens with one attached hydrogen (secondary N) is 1. The van der Waals surface area contributed by atoms with E-state index in [0.29, 0.717) is 5.69 Å². The lowest BCUT2D eigenvalue weighted by Gasteiger charge is -2.09. The summed E-state index contributed by atoms with van der Waals surface area (Å²) in [6.45, 7) is 3.77. The molecule has 2 aromatic carbocycles. The minimum atomic E-state index is -0.542. The summed E-state index contributed by atoms with van der Waals surface area (Å²) >= 11 is 0. The third kappa shape index (κ3) is 3.94. The van der Waals surface area contributed by atoms with Crippen LogP contribution in [0.5, 0.6) is 5.75 Å². The number of rotatable bonds is 4. The van der Waals surface area contributed by atoms with Crippen LogP contribution in [0.25, 0.3) is 11.8 Å². The minimum Gasteiger partial charge on any atom is -0.508 e. The van der Waals surface area contributed by atoms with Gasteiger partial charge in [0.05, 0.1) is 0 Å². The predicted octanol–water partition coefficient (Wildman–Crippen LogP) is 4.48. The summed E-state index contributed by atoms with van der Waals surface area (Å²) in [6.07, 6.45) is 1.53. The number of aromatic nitrogens is 1. The fraction of sp³-hybridized carbons (Fsp3) is 0.0909. The van der Waals surface area contributed by atoms with Crippen molar-refractivity contribution in [3.05, 3.63) is 82.9 Å². The molecule has 0 saturated carbocycles. The molecule has 0 saturated heterocycles. The lowest BCUT2D eigenvalue weighted by Crippen LogP contribution is -2.13. The van der Waals surface area contributed by atoms with Gasteiger partial charge in [0.25, 0.3) is 5.91 Å². The standard InChI is InChI=1S/C22H18FN3O2/c1-14-11-16(15(2)26(14)20-7-3-18(23)4-8-20)12-17(13-24)22(28)25-19-5-9-21(27)10-6-19/h3-12,27H,1-2H3,(H,25,28). The summed E-state index contributed by atoms with van der Waals surface area (Å²) in [6, 6.07) is 15.9. The average Bonchev–Trinajstić information content (AvgIpc) is 2.95. The van der Waals surface area contributed by atoms with E-state index in [1.807, 2.05) is 30.6 Å². The Bertz CT molecular complexity index is 1090. The number of hydrogen-bond donors (Lipinski definition) is 2. The van der Waals surface area contributed by atoms with Crippen LogP contribution in [0.15, 0.2) is 60.2 Å². The van der Waals surface area contributed by atoms with E-state index in [1.54, 1.807) is 24.3 Å². The van der Waals surface area contributed by atoms with E-state index in [0.717, 1.165) is 22.6 Å². The van der Waals surface area contributed by atoms with E-state index < -0.39 is 5.91 Å². The van der Waals surface area contributed by atoms with Gasteiger partial charge in [-0.1, -0.05) is 0 Å². The Morgan fingerprint density at radius 2 is 1.79 bits per heavy atom. The van der Waals surface area contributed by atoms with Gasteiger partial charge in [-0.15, -0.1) is 0 Å². The quantitative estimate of drug-likeness (QED) is 0.401. The maximum absolute atomic E-state index is 13.2. The first kappa shape index (κ1) is 18.9. The molecule has 0 fully saturated rings. The Labute approximate surface area is 162 Å². The average molecular weight is 375 g/mol. The number of aryl methyl sites for hydroxylation is 1. The largest absolute Gasteiger partial charge is 0.508 e. The highest BCUT2D eigenvalue weighted by atomic mass is 19.1. The first-order valence-corrected chi connectivity index (χ1v) is 8.56. The SMILES string of the molecule is Cc1cc(C=C(C#N)C(=O)Nc2ccc(O)cc2)c(C)n1-c1ccc(F)cc1. The molecule has 3 rings (SSSR count). The zero-order chi connectivity index (χ0) is 20.3. The number of hydrogen-bond acceptors (Lipinski definition) is 3. The first-order chi connectivity index (χ1) is 13.4. The van der Waals surface area contributed by atoms with Gasteiger partial charge in [0.2, 0.25) is 0 Å². The summed E-state index contributed by atoms with van der Waals surface area (Å²) < 4.78 is 15.1. The molecule has 2 N–H and O–H groups in total. The number of carbonyl (C=O) groups is 1. The molecule has 6 heteroatoms. The number of nitriles is 1. The highest BCUT2D eigenvalue weighted by Gasteiger charge is 2.14. The highest BCUT2D eigenvalue weighted by molar-refractivity contribution is 6.09. The zero-order valence-corrected chi connectivity index (χ0v) is 15.4. The molecule has 0 radical (unpaired) electrons. The number of aromatic hydroxyl groups is 1. The Kier molecular flexibility index (Phi) is 5.28. The second kappa shape index (κ2) is 7.80. The van der Waals surface area contributed by atoms with E-state index in [1.165, 1.54) is 30.3 Å². The van der Waals surface area contributed by atoms with Crippen molar-refractivity contribution in [3.63, 3.8) is 0 Å². The Morgan fingerprint density at radius 3 is 2.39 bits per heavy atom. The van der Waals surface area contributed by atoms with E-state index >= 15 is 0 Å². The van der Waals surface area contributed by atoms with Gasteiger partial charge in [-0.3, -0.25) is 4.79 Å². The molecule has 0 unspecified atom stereocenters. The zero-order valence-electron chi connectivity index (χ0n) is 15.4. The molecule has 0 aliphatic carbocycles. The fourth-order valence-electron chi connectivity index (χ4n) is 2.97. The fourth-order valence-corrected chi connectivity index (χ4v) is 2.97. The van der Waals surface area contributed by atoms with E-state index in [9.17, 15) is 19.6 Å². The Hall–Kier alpha value is -3.85. The van der Waals surface area contributed by atoms with Crippen molar-refractivity contribution in [3.8, 4) is 17.5 Å². The van der Waals surface area contributed by atoms with Gasteiger partial charge in [0.15, 0.2) is 0 Å². The van der Waals surface area contributed by atoms with Gasteiger partial charge in [-0.25, -0.2) is 4.39 Å². The van der Waals surface area contributed by atoms with Crippen LogP contribution in [0.1, 0.15) is 17.0 Å². The molecule has 0 bridgehead atoms. The molecule has 5 nitrogen and oxygen atoms in total. The van der Waals surface area contributed by atoms with Crippen molar-refractivity contribution in [2.45, 2.75) is 13.8 Å². The van der Waals surface area contributed by atoms with Crippen molar-refractivity contribution in [2.75, 3.05) is 5.32 Å². The molecule has 0 spiro atoms. The number of amides is 1. The molecular weight excluding hydrogens is 357 g/mol. The monoisotopic (exact) mass is 375 g/mol. The first-order valence-electron chi connectivity index (χ1n) is 8.56. The highest BCUT2D eigenvalue weighted by Crippen LogP contribution is 2.23.